The van der Waals surface area contributed by atoms with Gasteiger partial charge in [0.2, 0.25) is 0 Å². The van der Waals surface area contributed by atoms with E-state index in [1.54, 1.807) is 0 Å². The molecule has 0 saturated carbocycles. The largest absolute Gasteiger partial charge is 0.504 e. The highest BCUT2D eigenvalue weighted by Crippen LogP contribution is 2.34. The van der Waals surface area contributed by atoms with Gasteiger partial charge in [0, 0.05) is 11.5 Å². The van der Waals surface area contributed by atoms with Crippen molar-refractivity contribution in [1.82, 2.24) is 9.78 Å². The van der Waals surface area contributed by atoms with Crippen molar-refractivity contribution < 1.29 is 5.11 Å². The van der Waals surface area contributed by atoms with Gasteiger partial charge >= 0.3 is 0 Å². The van der Waals surface area contributed by atoms with Crippen LogP contribution in [0.3, 0.4) is 0 Å². The summed E-state index contributed by atoms with van der Waals surface area (Å²) in [4.78, 5) is 0. The summed E-state index contributed by atoms with van der Waals surface area (Å²) in [6, 6.07) is 0.283. The Bertz CT molecular complexity index is 384. The summed E-state index contributed by atoms with van der Waals surface area (Å²) in [5.74, 6) is 0.905. The molecule has 1 heterocycles. The molecule has 1 aromatic heterocycles. The molecule has 0 radical (unpaired) electrons. The summed E-state index contributed by atoms with van der Waals surface area (Å²) in [7, 11) is 0. The van der Waals surface area contributed by atoms with Gasteiger partial charge in [0.05, 0.1) is 5.69 Å². The molecule has 17 heavy (non-hydrogen) atoms. The Balaban J connectivity index is 3.30. The number of nitrogens with zero attached hydrogens (tertiary/aromatic N) is 2. The highest BCUT2D eigenvalue weighted by atomic mass is 16.3. The number of aromatic hydroxyl groups is 1. The second-order valence-corrected chi connectivity index (χ2v) is 6.53. The summed E-state index contributed by atoms with van der Waals surface area (Å²) in [5, 5.41) is 15.0. The zero-order chi connectivity index (χ0) is 13.4. The molecule has 1 N–H and O–H groups in total. The molecule has 0 bridgehead atoms. The third kappa shape index (κ3) is 3.02. The quantitative estimate of drug-likeness (QED) is 0.872. The zero-order valence-electron chi connectivity index (χ0n) is 12.2. The molecule has 0 amide bonds. The summed E-state index contributed by atoms with van der Waals surface area (Å²) in [6.45, 7) is 14.8. The van der Waals surface area contributed by atoms with Crippen LogP contribution in [0.5, 0.6) is 5.75 Å². The average molecular weight is 238 g/mol. The minimum atomic E-state index is -0.115. The van der Waals surface area contributed by atoms with E-state index in [4.69, 9.17) is 0 Å². The molecule has 0 aliphatic heterocycles. The number of hydrogen-bond acceptors (Lipinski definition) is 2. The fraction of sp³-hybridized carbons (Fsp3) is 0.786. The predicted molar refractivity (Wildman–Crippen MR) is 71.5 cm³/mol. The number of aromatic nitrogens is 2. The molecule has 1 aromatic rings. The Labute approximate surface area is 105 Å². The van der Waals surface area contributed by atoms with Crippen LogP contribution in [-0.2, 0) is 11.8 Å². The molecular formula is C14H26N2O. The summed E-state index contributed by atoms with van der Waals surface area (Å²) >= 11 is 0. The maximum absolute atomic E-state index is 10.4. The van der Waals surface area contributed by atoms with Gasteiger partial charge in [0.1, 0.15) is 5.69 Å². The van der Waals surface area contributed by atoms with E-state index in [0.29, 0.717) is 11.7 Å². The van der Waals surface area contributed by atoms with Crippen LogP contribution in [-0.4, -0.2) is 14.9 Å². The molecule has 0 aromatic carbocycles. The van der Waals surface area contributed by atoms with Crippen molar-refractivity contribution in [2.24, 2.45) is 5.92 Å². The molecular weight excluding hydrogens is 212 g/mol. The number of hydrogen-bond donors (Lipinski definition) is 1. The Morgan fingerprint density at radius 1 is 1.18 bits per heavy atom. The first-order valence-corrected chi connectivity index (χ1v) is 6.45. The monoisotopic (exact) mass is 238 g/mol. The van der Waals surface area contributed by atoms with Crippen LogP contribution in [0.2, 0.25) is 0 Å². The van der Waals surface area contributed by atoms with Crippen molar-refractivity contribution in [1.29, 1.82) is 0 Å². The third-order valence-corrected chi connectivity index (χ3v) is 2.78. The Morgan fingerprint density at radius 2 is 1.71 bits per heavy atom. The zero-order valence-corrected chi connectivity index (χ0v) is 12.2. The van der Waals surface area contributed by atoms with Crippen LogP contribution in [0.15, 0.2) is 0 Å². The van der Waals surface area contributed by atoms with Gasteiger partial charge in [0.25, 0.3) is 0 Å². The Morgan fingerprint density at radius 3 is 2.06 bits per heavy atom. The van der Waals surface area contributed by atoms with Crippen LogP contribution >= 0.6 is 0 Å². The van der Waals surface area contributed by atoms with Gasteiger partial charge in [-0.1, -0.05) is 34.6 Å². The first-order chi connectivity index (χ1) is 7.64. The predicted octanol–water partition coefficient (Wildman–Crippen LogP) is 3.67. The first-order valence-electron chi connectivity index (χ1n) is 6.45. The topological polar surface area (TPSA) is 38.1 Å². The molecule has 0 atom stereocenters. The minimum absolute atomic E-state index is 0.115. The van der Waals surface area contributed by atoms with Crippen molar-refractivity contribution in [2.45, 2.75) is 66.3 Å². The van der Waals surface area contributed by atoms with E-state index in [1.807, 2.05) is 4.68 Å². The highest BCUT2D eigenvalue weighted by Gasteiger charge is 2.27. The van der Waals surface area contributed by atoms with Gasteiger partial charge in [-0.3, -0.25) is 4.68 Å². The SMILES string of the molecule is CC(C)Cc1c(O)c(C(C)(C)C)nn1C(C)C. The Hall–Kier alpha value is -0.990. The van der Waals surface area contributed by atoms with E-state index in [9.17, 15) is 5.11 Å². The van der Waals surface area contributed by atoms with Gasteiger partial charge in [-0.15, -0.1) is 0 Å². The molecule has 0 aliphatic rings. The fourth-order valence-corrected chi connectivity index (χ4v) is 1.97. The lowest BCUT2D eigenvalue weighted by Gasteiger charge is -2.15. The molecule has 0 unspecified atom stereocenters. The van der Waals surface area contributed by atoms with E-state index in [-0.39, 0.29) is 11.5 Å². The molecule has 0 fully saturated rings. The van der Waals surface area contributed by atoms with Crippen molar-refractivity contribution >= 4 is 0 Å². The van der Waals surface area contributed by atoms with E-state index in [2.05, 4.69) is 53.6 Å². The van der Waals surface area contributed by atoms with E-state index >= 15 is 0 Å². The van der Waals surface area contributed by atoms with Gasteiger partial charge < -0.3 is 5.11 Å². The summed E-state index contributed by atoms with van der Waals surface area (Å²) < 4.78 is 1.97. The van der Waals surface area contributed by atoms with E-state index in [0.717, 1.165) is 17.8 Å². The van der Waals surface area contributed by atoms with Crippen molar-refractivity contribution in [3.05, 3.63) is 11.4 Å². The normalized spacial score (nSPS) is 12.8. The van der Waals surface area contributed by atoms with Gasteiger partial charge in [0.15, 0.2) is 5.75 Å². The van der Waals surface area contributed by atoms with Gasteiger partial charge in [-0.05, 0) is 26.2 Å². The molecule has 0 aliphatic carbocycles. The van der Waals surface area contributed by atoms with Crippen molar-refractivity contribution in [2.75, 3.05) is 0 Å². The minimum Gasteiger partial charge on any atom is -0.504 e. The second-order valence-electron chi connectivity index (χ2n) is 6.53. The van der Waals surface area contributed by atoms with Crippen molar-refractivity contribution in [3.63, 3.8) is 0 Å². The molecule has 0 spiro atoms. The maximum Gasteiger partial charge on any atom is 0.160 e. The standard InChI is InChI=1S/C14H26N2O/c1-9(2)8-11-12(17)13(14(5,6)7)15-16(11)10(3)4/h9-10,17H,8H2,1-7H3. The average Bonchev–Trinajstić information content (AvgIpc) is 2.42. The van der Waals surface area contributed by atoms with Gasteiger partial charge in [-0.2, -0.15) is 5.10 Å². The van der Waals surface area contributed by atoms with Crippen LogP contribution < -0.4 is 0 Å². The lowest BCUT2D eigenvalue weighted by atomic mass is 9.91. The molecule has 3 heteroatoms. The van der Waals surface area contributed by atoms with Gasteiger partial charge in [-0.25, -0.2) is 0 Å². The molecule has 3 nitrogen and oxygen atoms in total. The number of rotatable bonds is 3. The second kappa shape index (κ2) is 4.71. The smallest absolute Gasteiger partial charge is 0.160 e. The highest BCUT2D eigenvalue weighted by molar-refractivity contribution is 5.37. The Kier molecular flexibility index (Phi) is 3.90. The van der Waals surface area contributed by atoms with E-state index in [1.165, 1.54) is 0 Å². The third-order valence-electron chi connectivity index (χ3n) is 2.78. The van der Waals surface area contributed by atoms with Crippen LogP contribution in [0.25, 0.3) is 0 Å². The fourth-order valence-electron chi connectivity index (χ4n) is 1.97. The van der Waals surface area contributed by atoms with Crippen LogP contribution in [0.4, 0.5) is 0 Å². The van der Waals surface area contributed by atoms with Crippen molar-refractivity contribution in [3.8, 4) is 5.75 Å². The lowest BCUT2D eigenvalue weighted by molar-refractivity contribution is 0.432. The maximum atomic E-state index is 10.4. The van der Waals surface area contributed by atoms with Crippen LogP contribution in [0, 0.1) is 5.92 Å². The molecule has 0 saturated heterocycles. The van der Waals surface area contributed by atoms with Crippen LogP contribution in [0.1, 0.15) is 65.9 Å². The summed E-state index contributed by atoms with van der Waals surface area (Å²) in [6.07, 6.45) is 0.868. The summed E-state index contributed by atoms with van der Waals surface area (Å²) in [5.41, 5.74) is 1.66. The first kappa shape index (κ1) is 14.1. The van der Waals surface area contributed by atoms with E-state index < -0.39 is 0 Å². The molecule has 98 valence electrons. The lowest BCUT2D eigenvalue weighted by Crippen LogP contribution is -2.14. The molecule has 1 rings (SSSR count).